The summed E-state index contributed by atoms with van der Waals surface area (Å²) in [5.74, 6) is 0. The van der Waals surface area contributed by atoms with E-state index in [9.17, 15) is 0 Å². The van der Waals surface area contributed by atoms with Crippen LogP contribution in [-0.4, -0.2) is 19.5 Å². The smallest absolute Gasteiger partial charge is 0.182 e. The third kappa shape index (κ3) is 1.22. The van der Waals surface area contributed by atoms with E-state index in [4.69, 9.17) is 5.41 Å². The molecule has 5 nitrogen and oxygen atoms in total. The zero-order valence-electron chi connectivity index (χ0n) is 8.38. The van der Waals surface area contributed by atoms with Gasteiger partial charge in [0.25, 0.3) is 0 Å². The van der Waals surface area contributed by atoms with Crippen LogP contribution in [0.25, 0.3) is 16.9 Å². The molecular formula is C11H9N5. The first-order chi connectivity index (χ1) is 7.86. The first-order valence-corrected chi connectivity index (χ1v) is 4.87. The fourth-order valence-electron chi connectivity index (χ4n) is 1.63. The Kier molecular flexibility index (Phi) is 1.83. The molecule has 0 unspecified atom stereocenters. The van der Waals surface area contributed by atoms with Gasteiger partial charge in [-0.25, -0.2) is 9.97 Å². The Labute approximate surface area is 90.9 Å². The maximum atomic E-state index is 8.05. The van der Waals surface area contributed by atoms with Crippen LogP contribution in [0.15, 0.2) is 43.0 Å². The summed E-state index contributed by atoms with van der Waals surface area (Å²) in [7, 11) is 0. The minimum Gasteiger partial charge on any atom is -0.340 e. The van der Waals surface area contributed by atoms with Crippen molar-refractivity contribution in [2.75, 3.05) is 0 Å². The Morgan fingerprint density at radius 1 is 1.12 bits per heavy atom. The van der Waals surface area contributed by atoms with Crippen molar-refractivity contribution in [2.24, 2.45) is 0 Å². The molecular weight excluding hydrogens is 202 g/mol. The Morgan fingerprint density at radius 2 is 1.94 bits per heavy atom. The van der Waals surface area contributed by atoms with Crippen LogP contribution >= 0.6 is 0 Å². The Bertz CT molecular complexity index is 680. The van der Waals surface area contributed by atoms with Crippen molar-refractivity contribution in [3.8, 4) is 5.69 Å². The molecule has 0 aliphatic heterocycles. The molecule has 16 heavy (non-hydrogen) atoms. The highest BCUT2D eigenvalue weighted by Gasteiger charge is 2.03. The number of hydrogen-bond acceptors (Lipinski definition) is 3. The van der Waals surface area contributed by atoms with Crippen molar-refractivity contribution in [3.05, 3.63) is 48.5 Å². The van der Waals surface area contributed by atoms with Gasteiger partial charge in [-0.2, -0.15) is 0 Å². The molecule has 0 bridgehead atoms. The van der Waals surface area contributed by atoms with Gasteiger partial charge >= 0.3 is 0 Å². The van der Waals surface area contributed by atoms with E-state index in [-0.39, 0.29) is 0 Å². The molecule has 0 spiro atoms. The lowest BCUT2D eigenvalue weighted by Gasteiger charge is -2.05. The molecule has 0 aliphatic carbocycles. The van der Waals surface area contributed by atoms with E-state index in [1.54, 1.807) is 17.2 Å². The SMILES string of the molecule is N=c1c2[nH]cnc2ncn1-c1ccccc1. The molecule has 3 rings (SSSR count). The van der Waals surface area contributed by atoms with E-state index in [0.717, 1.165) is 5.69 Å². The summed E-state index contributed by atoms with van der Waals surface area (Å²) in [6.07, 6.45) is 3.16. The molecule has 2 heterocycles. The zero-order valence-corrected chi connectivity index (χ0v) is 8.38. The van der Waals surface area contributed by atoms with Gasteiger partial charge in [-0.15, -0.1) is 0 Å². The predicted octanol–water partition coefficient (Wildman–Crippen LogP) is 1.23. The molecule has 3 aromatic rings. The van der Waals surface area contributed by atoms with Crippen LogP contribution in [0.4, 0.5) is 0 Å². The summed E-state index contributed by atoms with van der Waals surface area (Å²) in [6.45, 7) is 0. The molecule has 5 heteroatoms. The number of nitrogens with one attached hydrogen (secondary N) is 2. The Morgan fingerprint density at radius 3 is 2.75 bits per heavy atom. The molecule has 0 radical (unpaired) electrons. The number of rotatable bonds is 1. The lowest BCUT2D eigenvalue weighted by Crippen LogP contribution is -2.19. The standard InChI is InChI=1S/C11H9N5/c12-10-9-11(14-6-13-9)15-7-16(10)8-4-2-1-3-5-8/h1-7,12H,(H,13,14). The summed E-state index contributed by atoms with van der Waals surface area (Å²) in [6, 6.07) is 9.66. The second kappa shape index (κ2) is 3.30. The van der Waals surface area contributed by atoms with Gasteiger partial charge in [0.05, 0.1) is 6.33 Å². The number of imidazole rings is 1. The van der Waals surface area contributed by atoms with Gasteiger partial charge in [0.2, 0.25) is 0 Å². The fraction of sp³-hybridized carbons (Fsp3) is 0. The largest absolute Gasteiger partial charge is 0.340 e. The van der Waals surface area contributed by atoms with Crippen molar-refractivity contribution in [2.45, 2.75) is 0 Å². The topological polar surface area (TPSA) is 70.3 Å². The van der Waals surface area contributed by atoms with Gasteiger partial charge in [0.15, 0.2) is 11.1 Å². The molecule has 0 aliphatic rings. The Hall–Kier alpha value is -2.43. The molecule has 0 saturated carbocycles. The fourth-order valence-corrected chi connectivity index (χ4v) is 1.63. The van der Waals surface area contributed by atoms with E-state index in [2.05, 4.69) is 15.0 Å². The van der Waals surface area contributed by atoms with Gasteiger partial charge in [-0.05, 0) is 12.1 Å². The number of nitrogens with zero attached hydrogens (tertiary/aromatic N) is 3. The van der Waals surface area contributed by atoms with E-state index < -0.39 is 0 Å². The van der Waals surface area contributed by atoms with Crippen molar-refractivity contribution < 1.29 is 0 Å². The van der Waals surface area contributed by atoms with Crippen LogP contribution in [0, 0.1) is 5.41 Å². The maximum Gasteiger partial charge on any atom is 0.182 e. The minimum atomic E-state index is 0.355. The van der Waals surface area contributed by atoms with E-state index >= 15 is 0 Å². The second-order valence-electron chi connectivity index (χ2n) is 3.40. The summed E-state index contributed by atoms with van der Waals surface area (Å²) >= 11 is 0. The third-order valence-corrected chi connectivity index (χ3v) is 2.43. The quantitative estimate of drug-likeness (QED) is 0.635. The number of benzene rings is 1. The number of para-hydroxylation sites is 1. The van der Waals surface area contributed by atoms with E-state index in [1.807, 2.05) is 30.3 Å². The van der Waals surface area contributed by atoms with Crippen LogP contribution in [0.1, 0.15) is 0 Å². The summed E-state index contributed by atoms with van der Waals surface area (Å²) in [5.41, 5.74) is 2.48. The van der Waals surface area contributed by atoms with E-state index in [0.29, 0.717) is 16.7 Å². The molecule has 0 saturated heterocycles. The number of hydrogen-bond donors (Lipinski definition) is 2. The molecule has 78 valence electrons. The molecule has 2 N–H and O–H groups in total. The Balaban J connectivity index is 2.33. The van der Waals surface area contributed by atoms with Crippen molar-refractivity contribution in [3.63, 3.8) is 0 Å². The highest BCUT2D eigenvalue weighted by Crippen LogP contribution is 2.05. The molecule has 0 amide bonds. The van der Waals surface area contributed by atoms with Gasteiger partial charge in [-0.3, -0.25) is 9.98 Å². The lowest BCUT2D eigenvalue weighted by molar-refractivity contribution is 0.905. The van der Waals surface area contributed by atoms with Crippen molar-refractivity contribution in [1.82, 2.24) is 19.5 Å². The molecule has 2 aromatic heterocycles. The van der Waals surface area contributed by atoms with Gasteiger partial charge in [0, 0.05) is 5.69 Å². The summed E-state index contributed by atoms with van der Waals surface area (Å²) in [5, 5.41) is 8.05. The monoisotopic (exact) mass is 211 g/mol. The molecule has 1 aromatic carbocycles. The van der Waals surface area contributed by atoms with Crippen LogP contribution in [0.3, 0.4) is 0 Å². The first kappa shape index (κ1) is 8.84. The van der Waals surface area contributed by atoms with E-state index in [1.165, 1.54) is 0 Å². The first-order valence-electron chi connectivity index (χ1n) is 4.87. The predicted molar refractivity (Wildman–Crippen MR) is 59.1 cm³/mol. The van der Waals surface area contributed by atoms with Gasteiger partial charge in [0.1, 0.15) is 11.8 Å². The minimum absolute atomic E-state index is 0.355. The maximum absolute atomic E-state index is 8.05. The van der Waals surface area contributed by atoms with Gasteiger partial charge in [-0.1, -0.05) is 18.2 Å². The van der Waals surface area contributed by atoms with Crippen LogP contribution < -0.4 is 5.49 Å². The zero-order chi connectivity index (χ0) is 11.0. The number of aromatic nitrogens is 4. The van der Waals surface area contributed by atoms with Gasteiger partial charge < -0.3 is 4.98 Å². The third-order valence-electron chi connectivity index (χ3n) is 2.43. The average Bonchev–Trinajstić information content (AvgIpc) is 2.80. The molecule has 0 fully saturated rings. The molecule has 0 atom stereocenters. The second-order valence-corrected chi connectivity index (χ2v) is 3.40. The average molecular weight is 211 g/mol. The van der Waals surface area contributed by atoms with Crippen molar-refractivity contribution in [1.29, 1.82) is 5.41 Å². The highest BCUT2D eigenvalue weighted by molar-refractivity contribution is 5.67. The number of H-pyrrole nitrogens is 1. The van der Waals surface area contributed by atoms with Crippen molar-refractivity contribution >= 4 is 11.2 Å². The lowest BCUT2D eigenvalue weighted by atomic mass is 10.3. The van der Waals surface area contributed by atoms with Crippen LogP contribution in [-0.2, 0) is 0 Å². The number of aromatic amines is 1. The van der Waals surface area contributed by atoms with Crippen LogP contribution in [0.2, 0.25) is 0 Å². The normalized spacial score (nSPS) is 10.8. The van der Waals surface area contributed by atoms with Crippen LogP contribution in [0.5, 0.6) is 0 Å². The summed E-state index contributed by atoms with van der Waals surface area (Å²) in [4.78, 5) is 11.1. The number of fused-ring (bicyclic) bond motifs is 1. The summed E-state index contributed by atoms with van der Waals surface area (Å²) < 4.78 is 1.71. The highest BCUT2D eigenvalue weighted by atomic mass is 15.1.